The minimum atomic E-state index is -0.622. The van der Waals surface area contributed by atoms with Crippen molar-refractivity contribution in [3.63, 3.8) is 0 Å². The van der Waals surface area contributed by atoms with E-state index in [1.165, 1.54) is 64.8 Å². The second-order valence-corrected chi connectivity index (χ2v) is 5.09. The van der Waals surface area contributed by atoms with Crippen LogP contribution in [0, 0.1) is 10.1 Å². The highest BCUT2D eigenvalue weighted by molar-refractivity contribution is 5.80. The molecular weight excluding hydrogens is 345 g/mol. The van der Waals surface area contributed by atoms with Gasteiger partial charge in [-0.05, 0) is 29.8 Å². The maximum absolute atomic E-state index is 14.7. The third kappa shape index (κ3) is 3.85. The molecule has 26 heavy (non-hydrogen) atoms. The zero-order valence-corrected chi connectivity index (χ0v) is 14.7. The topological polar surface area (TPSA) is 80.1 Å². The van der Waals surface area contributed by atoms with Crippen molar-refractivity contribution < 1.29 is 28.3 Å². The van der Waals surface area contributed by atoms with Crippen LogP contribution in [0.3, 0.4) is 0 Å². The lowest BCUT2D eigenvalue weighted by molar-refractivity contribution is -0.385. The summed E-state index contributed by atoms with van der Waals surface area (Å²) >= 11 is 0. The molecule has 8 heteroatoms. The number of benzene rings is 2. The van der Waals surface area contributed by atoms with Crippen molar-refractivity contribution >= 4 is 17.6 Å². The lowest BCUT2D eigenvalue weighted by atomic mass is 10.1. The highest BCUT2D eigenvalue weighted by Gasteiger charge is 2.17. The fourth-order valence-corrected chi connectivity index (χ4v) is 2.39. The molecule has 7 nitrogen and oxygen atoms in total. The first kappa shape index (κ1) is 19.0. The average molecular weight is 363 g/mol. The van der Waals surface area contributed by atoms with Gasteiger partial charge in [0.2, 0.25) is 5.75 Å². The highest BCUT2D eigenvalue weighted by Crippen LogP contribution is 2.40. The van der Waals surface area contributed by atoms with Crippen LogP contribution in [0.25, 0.3) is 11.9 Å². The van der Waals surface area contributed by atoms with Crippen LogP contribution in [0.4, 0.5) is 10.1 Å². The molecule has 0 spiro atoms. The number of hydrogen-bond acceptors (Lipinski definition) is 6. The number of nitro benzene ring substituents is 1. The van der Waals surface area contributed by atoms with Crippen LogP contribution in [-0.2, 0) is 0 Å². The largest absolute Gasteiger partial charge is 0.493 e. The SMILES string of the molecule is COc1ccc(/C=C(\F)c2cc(OC)c(OC)c(OC)c2)cc1[N+](=O)[O-]. The molecule has 0 atom stereocenters. The van der Waals surface area contributed by atoms with E-state index < -0.39 is 10.8 Å². The van der Waals surface area contributed by atoms with E-state index in [4.69, 9.17) is 18.9 Å². The van der Waals surface area contributed by atoms with Gasteiger partial charge in [0.25, 0.3) is 0 Å². The molecule has 0 radical (unpaired) electrons. The third-order valence-corrected chi connectivity index (χ3v) is 3.63. The fraction of sp³-hybridized carbons (Fsp3) is 0.222. The summed E-state index contributed by atoms with van der Waals surface area (Å²) in [4.78, 5) is 10.5. The van der Waals surface area contributed by atoms with Gasteiger partial charge in [0.05, 0.1) is 33.4 Å². The number of rotatable bonds is 7. The Balaban J connectivity index is 2.50. The van der Waals surface area contributed by atoms with E-state index in [1.807, 2.05) is 0 Å². The molecule has 0 aromatic heterocycles. The van der Waals surface area contributed by atoms with E-state index in [0.717, 1.165) is 0 Å². The van der Waals surface area contributed by atoms with Gasteiger partial charge in [0.15, 0.2) is 17.2 Å². The van der Waals surface area contributed by atoms with Crippen molar-refractivity contribution in [3.8, 4) is 23.0 Å². The van der Waals surface area contributed by atoms with Gasteiger partial charge in [0, 0.05) is 11.6 Å². The Hall–Kier alpha value is -3.29. The first-order valence-corrected chi connectivity index (χ1v) is 7.45. The minimum Gasteiger partial charge on any atom is -0.493 e. The molecular formula is C18H18FNO6. The predicted octanol–water partition coefficient (Wildman–Crippen LogP) is 4.10. The molecule has 0 N–H and O–H groups in total. The number of hydrogen-bond donors (Lipinski definition) is 0. The minimum absolute atomic E-state index is 0.0975. The van der Waals surface area contributed by atoms with Gasteiger partial charge < -0.3 is 18.9 Å². The second-order valence-electron chi connectivity index (χ2n) is 5.09. The summed E-state index contributed by atoms with van der Waals surface area (Å²) in [6, 6.07) is 7.06. The quantitative estimate of drug-likeness (QED) is 0.419. The van der Waals surface area contributed by atoms with Gasteiger partial charge in [0.1, 0.15) is 5.83 Å². The molecule has 0 unspecified atom stereocenters. The maximum atomic E-state index is 14.7. The zero-order chi connectivity index (χ0) is 19.3. The fourth-order valence-electron chi connectivity index (χ4n) is 2.39. The van der Waals surface area contributed by atoms with E-state index in [1.54, 1.807) is 0 Å². The van der Waals surface area contributed by atoms with Crippen LogP contribution in [0.1, 0.15) is 11.1 Å². The number of nitrogens with zero attached hydrogens (tertiary/aromatic N) is 1. The second kappa shape index (κ2) is 8.19. The maximum Gasteiger partial charge on any atom is 0.311 e. The Labute approximate surface area is 149 Å². The van der Waals surface area contributed by atoms with Crippen molar-refractivity contribution in [2.24, 2.45) is 0 Å². The average Bonchev–Trinajstić information content (AvgIpc) is 2.66. The summed E-state index contributed by atoms with van der Waals surface area (Å²) in [5, 5.41) is 11.1. The summed E-state index contributed by atoms with van der Waals surface area (Å²) < 4.78 is 35.2. The highest BCUT2D eigenvalue weighted by atomic mass is 19.1. The molecule has 0 aliphatic heterocycles. The van der Waals surface area contributed by atoms with E-state index in [0.29, 0.717) is 22.8 Å². The molecule has 2 aromatic carbocycles. The molecule has 138 valence electrons. The molecule has 0 aliphatic carbocycles. The molecule has 0 amide bonds. The number of halogens is 1. The number of nitro groups is 1. The molecule has 2 aromatic rings. The van der Waals surface area contributed by atoms with Crippen LogP contribution in [0.2, 0.25) is 0 Å². The third-order valence-electron chi connectivity index (χ3n) is 3.63. The first-order valence-electron chi connectivity index (χ1n) is 7.45. The normalized spacial score (nSPS) is 11.0. The molecule has 0 heterocycles. The van der Waals surface area contributed by atoms with Crippen LogP contribution >= 0.6 is 0 Å². The van der Waals surface area contributed by atoms with Crippen molar-refractivity contribution in [1.29, 1.82) is 0 Å². The Morgan fingerprint density at radius 1 is 0.962 bits per heavy atom. The van der Waals surface area contributed by atoms with Gasteiger partial charge in [-0.2, -0.15) is 0 Å². The van der Waals surface area contributed by atoms with Crippen molar-refractivity contribution in [2.45, 2.75) is 0 Å². The lowest BCUT2D eigenvalue weighted by Gasteiger charge is -2.13. The van der Waals surface area contributed by atoms with Gasteiger partial charge >= 0.3 is 5.69 Å². The van der Waals surface area contributed by atoms with Gasteiger partial charge in [-0.3, -0.25) is 10.1 Å². The lowest BCUT2D eigenvalue weighted by Crippen LogP contribution is -1.96. The molecule has 0 saturated heterocycles. The van der Waals surface area contributed by atoms with Gasteiger partial charge in [-0.25, -0.2) is 4.39 Å². The van der Waals surface area contributed by atoms with Gasteiger partial charge in [-0.1, -0.05) is 6.07 Å². The molecule has 0 saturated carbocycles. The zero-order valence-electron chi connectivity index (χ0n) is 14.7. The van der Waals surface area contributed by atoms with Crippen LogP contribution < -0.4 is 18.9 Å². The van der Waals surface area contributed by atoms with E-state index in [-0.39, 0.29) is 17.0 Å². The summed E-state index contributed by atoms with van der Waals surface area (Å²) in [7, 11) is 5.63. The van der Waals surface area contributed by atoms with E-state index in [2.05, 4.69) is 0 Å². The van der Waals surface area contributed by atoms with Gasteiger partial charge in [-0.15, -0.1) is 0 Å². The monoisotopic (exact) mass is 363 g/mol. The van der Waals surface area contributed by atoms with Crippen LogP contribution in [-0.4, -0.2) is 33.4 Å². The Morgan fingerprint density at radius 3 is 2.00 bits per heavy atom. The van der Waals surface area contributed by atoms with Crippen LogP contribution in [0.15, 0.2) is 30.3 Å². The predicted molar refractivity (Wildman–Crippen MR) is 94.7 cm³/mol. The molecule has 2 rings (SSSR count). The van der Waals surface area contributed by atoms with Crippen molar-refractivity contribution in [1.82, 2.24) is 0 Å². The molecule has 0 aliphatic rings. The Kier molecular flexibility index (Phi) is 6.00. The van der Waals surface area contributed by atoms with Crippen molar-refractivity contribution in [3.05, 3.63) is 51.6 Å². The van der Waals surface area contributed by atoms with E-state index >= 15 is 0 Å². The number of methoxy groups -OCH3 is 4. The summed E-state index contributed by atoms with van der Waals surface area (Å²) in [5.74, 6) is 0.410. The Morgan fingerprint density at radius 2 is 1.54 bits per heavy atom. The van der Waals surface area contributed by atoms with Crippen molar-refractivity contribution in [2.75, 3.05) is 28.4 Å². The number of ether oxygens (including phenoxy) is 4. The Bertz CT molecular complexity index is 825. The summed E-state index contributed by atoms with van der Waals surface area (Å²) in [6.07, 6.45) is 1.17. The summed E-state index contributed by atoms with van der Waals surface area (Å²) in [6.45, 7) is 0. The summed E-state index contributed by atoms with van der Waals surface area (Å²) in [5.41, 5.74) is 0.237. The van der Waals surface area contributed by atoms with E-state index in [9.17, 15) is 14.5 Å². The molecule has 0 fully saturated rings. The molecule has 0 bridgehead atoms. The smallest absolute Gasteiger partial charge is 0.311 e. The standard InChI is InChI=1S/C18H18FNO6/c1-23-15-6-5-11(8-14(15)20(21)22)7-13(19)12-9-16(24-2)18(26-4)17(10-12)25-3/h5-10H,1-4H3/b13-7-. The van der Waals surface area contributed by atoms with Crippen LogP contribution in [0.5, 0.6) is 23.0 Å². The first-order chi connectivity index (χ1) is 12.4.